The van der Waals surface area contributed by atoms with Crippen LogP contribution in [0.5, 0.6) is 0 Å². The Morgan fingerprint density at radius 3 is 2.93 bits per heavy atom. The smallest absolute Gasteiger partial charge is 0.0427 e. The van der Waals surface area contributed by atoms with Gasteiger partial charge in [-0.1, -0.05) is 12.2 Å². The number of nitrogens with one attached hydrogen (secondary N) is 1. The number of hydrogen-bond acceptors (Lipinski definition) is 1. The lowest BCUT2D eigenvalue weighted by molar-refractivity contribution is 0.887. The van der Waals surface area contributed by atoms with Crippen molar-refractivity contribution >= 4 is 27.7 Å². The van der Waals surface area contributed by atoms with E-state index >= 15 is 0 Å². The van der Waals surface area contributed by atoms with Crippen LogP contribution in [0.3, 0.4) is 0 Å². The average Bonchev–Trinajstić information content (AvgIpc) is 2.18. The molecule has 2 heteroatoms. The number of benzene rings is 1. The molecule has 2 rings (SSSR count). The molecule has 0 aliphatic carbocycles. The van der Waals surface area contributed by atoms with E-state index in [0.29, 0.717) is 0 Å². The summed E-state index contributed by atoms with van der Waals surface area (Å²) >= 11 is 3.69. The predicted octanol–water partition coefficient (Wildman–Crippen LogP) is 4.28. The molecular formula is C13H16BrN. The molecule has 80 valence electrons. The fourth-order valence-corrected chi connectivity index (χ4v) is 2.51. The number of rotatable bonds is 0. The Kier molecular flexibility index (Phi) is 3.15. The summed E-state index contributed by atoms with van der Waals surface area (Å²) in [7, 11) is 0. The standard InChI is InChI=1S/C13H16BrN/c1-9-8-12-11(13(14)10(9)2)6-4-3-5-7-15-12/h4,6,8,15H,3,5,7H2,1-2H3/b6-4+. The zero-order chi connectivity index (χ0) is 10.8. The van der Waals surface area contributed by atoms with Crippen LogP contribution in [-0.2, 0) is 0 Å². The van der Waals surface area contributed by atoms with Crippen molar-refractivity contribution in [1.82, 2.24) is 0 Å². The number of hydrogen-bond donors (Lipinski definition) is 1. The first-order valence-electron chi connectivity index (χ1n) is 5.40. The fraction of sp³-hybridized carbons (Fsp3) is 0.385. The molecule has 0 spiro atoms. The highest BCUT2D eigenvalue weighted by Gasteiger charge is 2.10. The number of fused-ring (bicyclic) bond motifs is 1. The molecule has 15 heavy (non-hydrogen) atoms. The van der Waals surface area contributed by atoms with Gasteiger partial charge in [0.15, 0.2) is 0 Å². The molecule has 1 nitrogen and oxygen atoms in total. The van der Waals surface area contributed by atoms with Gasteiger partial charge in [0.2, 0.25) is 0 Å². The van der Waals surface area contributed by atoms with Crippen LogP contribution in [0.15, 0.2) is 16.6 Å². The van der Waals surface area contributed by atoms with E-state index in [1.54, 1.807) is 0 Å². The highest BCUT2D eigenvalue weighted by molar-refractivity contribution is 9.10. The second kappa shape index (κ2) is 4.40. The monoisotopic (exact) mass is 265 g/mol. The van der Waals surface area contributed by atoms with Crippen LogP contribution < -0.4 is 5.32 Å². The van der Waals surface area contributed by atoms with Crippen molar-refractivity contribution < 1.29 is 0 Å². The number of halogens is 1. The Hall–Kier alpha value is -0.760. The SMILES string of the molecule is Cc1cc2c(c(Br)c1C)/C=C/CCCN2. The molecule has 1 aromatic rings. The minimum Gasteiger partial charge on any atom is -0.385 e. The maximum absolute atomic E-state index is 3.69. The van der Waals surface area contributed by atoms with Gasteiger partial charge in [0.25, 0.3) is 0 Å². The zero-order valence-electron chi connectivity index (χ0n) is 9.23. The van der Waals surface area contributed by atoms with Gasteiger partial charge in [0, 0.05) is 22.3 Å². The van der Waals surface area contributed by atoms with Gasteiger partial charge in [0.1, 0.15) is 0 Å². The quantitative estimate of drug-likeness (QED) is 0.738. The predicted molar refractivity (Wildman–Crippen MR) is 70.4 cm³/mol. The zero-order valence-corrected chi connectivity index (χ0v) is 10.8. The molecule has 1 heterocycles. The Balaban J connectivity index is 2.58. The van der Waals surface area contributed by atoms with Crippen LogP contribution in [-0.4, -0.2) is 6.54 Å². The number of allylic oxidation sites excluding steroid dienone is 1. The summed E-state index contributed by atoms with van der Waals surface area (Å²) in [6, 6.07) is 2.24. The maximum Gasteiger partial charge on any atom is 0.0427 e. The lowest BCUT2D eigenvalue weighted by Gasteiger charge is -2.17. The van der Waals surface area contributed by atoms with Crippen LogP contribution in [0.4, 0.5) is 5.69 Å². The second-order valence-electron chi connectivity index (χ2n) is 4.07. The Morgan fingerprint density at radius 2 is 2.13 bits per heavy atom. The normalized spacial score (nSPS) is 17.3. The molecule has 1 N–H and O–H groups in total. The molecule has 0 amide bonds. The first kappa shape index (κ1) is 10.7. The van der Waals surface area contributed by atoms with E-state index < -0.39 is 0 Å². The molecule has 1 aromatic carbocycles. The van der Waals surface area contributed by atoms with Crippen LogP contribution in [0.25, 0.3) is 6.08 Å². The van der Waals surface area contributed by atoms with Crippen molar-refractivity contribution in [2.75, 3.05) is 11.9 Å². The van der Waals surface area contributed by atoms with Gasteiger partial charge in [-0.05, 0) is 59.8 Å². The summed E-state index contributed by atoms with van der Waals surface area (Å²) < 4.78 is 1.23. The lowest BCUT2D eigenvalue weighted by atomic mass is 10.0. The molecule has 1 aliphatic rings. The van der Waals surface area contributed by atoms with E-state index in [4.69, 9.17) is 0 Å². The van der Waals surface area contributed by atoms with Gasteiger partial charge < -0.3 is 5.32 Å². The molecule has 0 saturated carbocycles. The van der Waals surface area contributed by atoms with Crippen molar-refractivity contribution in [2.45, 2.75) is 26.7 Å². The van der Waals surface area contributed by atoms with Gasteiger partial charge in [-0.25, -0.2) is 0 Å². The minimum atomic E-state index is 1.06. The van der Waals surface area contributed by atoms with Gasteiger partial charge >= 0.3 is 0 Å². The van der Waals surface area contributed by atoms with Gasteiger partial charge in [-0.15, -0.1) is 0 Å². The Bertz CT molecular complexity index is 407. The molecule has 0 unspecified atom stereocenters. The number of anilines is 1. The van der Waals surface area contributed by atoms with Crippen LogP contribution >= 0.6 is 15.9 Å². The summed E-state index contributed by atoms with van der Waals surface area (Å²) in [5.74, 6) is 0. The summed E-state index contributed by atoms with van der Waals surface area (Å²) in [5.41, 5.74) is 5.21. The topological polar surface area (TPSA) is 12.0 Å². The third-order valence-corrected chi connectivity index (χ3v) is 3.98. The Labute approximate surface area is 99.7 Å². The molecule has 0 fully saturated rings. The average molecular weight is 266 g/mol. The first-order valence-corrected chi connectivity index (χ1v) is 6.19. The van der Waals surface area contributed by atoms with E-state index in [0.717, 1.165) is 13.0 Å². The highest BCUT2D eigenvalue weighted by atomic mass is 79.9. The fourth-order valence-electron chi connectivity index (χ4n) is 1.85. The van der Waals surface area contributed by atoms with Crippen molar-refractivity contribution in [1.29, 1.82) is 0 Å². The molecule has 0 saturated heterocycles. The van der Waals surface area contributed by atoms with E-state index in [9.17, 15) is 0 Å². The lowest BCUT2D eigenvalue weighted by Crippen LogP contribution is -2.05. The summed E-state index contributed by atoms with van der Waals surface area (Å²) in [5, 5.41) is 3.49. The third kappa shape index (κ3) is 2.10. The largest absolute Gasteiger partial charge is 0.385 e. The van der Waals surface area contributed by atoms with E-state index in [2.05, 4.69) is 53.3 Å². The van der Waals surface area contributed by atoms with Crippen LogP contribution in [0, 0.1) is 13.8 Å². The Morgan fingerprint density at radius 1 is 1.33 bits per heavy atom. The summed E-state index contributed by atoms with van der Waals surface area (Å²) in [4.78, 5) is 0. The molecule has 0 radical (unpaired) electrons. The van der Waals surface area contributed by atoms with Gasteiger partial charge in [0.05, 0.1) is 0 Å². The van der Waals surface area contributed by atoms with Crippen LogP contribution in [0.1, 0.15) is 29.5 Å². The third-order valence-electron chi connectivity index (χ3n) is 2.96. The second-order valence-corrected chi connectivity index (χ2v) is 4.86. The molecule has 1 aliphatic heterocycles. The first-order chi connectivity index (χ1) is 7.20. The highest BCUT2D eigenvalue weighted by Crippen LogP contribution is 2.33. The van der Waals surface area contributed by atoms with E-state index in [1.807, 2.05) is 0 Å². The molecular weight excluding hydrogens is 250 g/mol. The van der Waals surface area contributed by atoms with Crippen molar-refractivity contribution in [3.8, 4) is 0 Å². The van der Waals surface area contributed by atoms with E-state index in [-0.39, 0.29) is 0 Å². The molecule has 0 atom stereocenters. The van der Waals surface area contributed by atoms with Gasteiger partial charge in [-0.2, -0.15) is 0 Å². The van der Waals surface area contributed by atoms with Gasteiger partial charge in [-0.3, -0.25) is 0 Å². The van der Waals surface area contributed by atoms with E-state index in [1.165, 1.54) is 33.3 Å². The molecule has 0 aromatic heterocycles. The number of aryl methyl sites for hydroxylation is 1. The summed E-state index contributed by atoms with van der Waals surface area (Å²) in [6.07, 6.45) is 6.85. The van der Waals surface area contributed by atoms with Crippen molar-refractivity contribution in [3.05, 3.63) is 33.3 Å². The van der Waals surface area contributed by atoms with Crippen LogP contribution in [0.2, 0.25) is 0 Å². The summed E-state index contributed by atoms with van der Waals surface area (Å²) in [6.45, 7) is 5.38. The minimum absolute atomic E-state index is 1.06. The van der Waals surface area contributed by atoms with Crippen molar-refractivity contribution in [3.63, 3.8) is 0 Å². The van der Waals surface area contributed by atoms with Crippen molar-refractivity contribution in [2.24, 2.45) is 0 Å². The maximum atomic E-state index is 3.69. The molecule has 0 bridgehead atoms.